The molecule has 1 amide bonds. The van der Waals surface area contributed by atoms with E-state index in [0.29, 0.717) is 34.7 Å². The summed E-state index contributed by atoms with van der Waals surface area (Å²) in [5, 5.41) is 3.53. The number of aryl methyl sites for hydroxylation is 2. The smallest absolute Gasteiger partial charge is 0.332 e. The Bertz CT molecular complexity index is 1590. The van der Waals surface area contributed by atoms with Crippen LogP contribution in [0, 0.1) is 0 Å². The molecule has 0 radical (unpaired) electrons. The number of thiophene rings is 1. The van der Waals surface area contributed by atoms with Gasteiger partial charge in [0.25, 0.3) is 5.56 Å². The van der Waals surface area contributed by atoms with Crippen LogP contribution in [0.25, 0.3) is 10.2 Å². The van der Waals surface area contributed by atoms with Gasteiger partial charge in [0.15, 0.2) is 11.5 Å². The molecule has 0 saturated heterocycles. The van der Waals surface area contributed by atoms with Gasteiger partial charge in [-0.2, -0.15) is 0 Å². The van der Waals surface area contributed by atoms with Crippen molar-refractivity contribution in [3.63, 3.8) is 0 Å². The van der Waals surface area contributed by atoms with Crippen molar-refractivity contribution in [1.29, 1.82) is 0 Å². The molecule has 9 heteroatoms. The average molecular weight is 534 g/mol. The monoisotopic (exact) mass is 533 g/mol. The van der Waals surface area contributed by atoms with Crippen molar-refractivity contribution in [1.82, 2.24) is 14.5 Å². The number of nitrogens with one attached hydrogen (secondary N) is 1. The standard InChI is InChI=1S/C29H31N3O5S/c1-36-22-13-12-19(16-23(22)37-2)14-15-30-25(33)18-32-28-26(21-10-6-7-11-24(21)38-28)27(34)31(29(32)35)17-20-8-4-3-5-9-20/h3-5,8-9,12-13,16H,6-7,10-11,14-15,17-18H2,1-2H3,(H,30,33). The predicted molar refractivity (Wildman–Crippen MR) is 149 cm³/mol. The van der Waals surface area contributed by atoms with E-state index in [0.717, 1.165) is 47.3 Å². The van der Waals surface area contributed by atoms with Crippen LogP contribution in [0.3, 0.4) is 0 Å². The molecule has 1 aliphatic rings. The summed E-state index contributed by atoms with van der Waals surface area (Å²) in [6, 6.07) is 15.1. The van der Waals surface area contributed by atoms with Crippen LogP contribution in [-0.4, -0.2) is 35.8 Å². The summed E-state index contributed by atoms with van der Waals surface area (Å²) < 4.78 is 13.4. The van der Waals surface area contributed by atoms with Gasteiger partial charge in [-0.05, 0) is 60.9 Å². The average Bonchev–Trinajstić information content (AvgIpc) is 3.33. The normalized spacial score (nSPS) is 12.8. The Labute approximate surface area is 224 Å². The van der Waals surface area contributed by atoms with Crippen LogP contribution in [0.4, 0.5) is 0 Å². The minimum Gasteiger partial charge on any atom is -0.493 e. The van der Waals surface area contributed by atoms with E-state index in [1.807, 2.05) is 48.5 Å². The predicted octanol–water partition coefficient (Wildman–Crippen LogP) is 3.53. The second-order valence-electron chi connectivity index (χ2n) is 9.43. The Balaban J connectivity index is 1.42. The quantitative estimate of drug-likeness (QED) is 0.356. The molecule has 198 valence electrons. The fourth-order valence-corrected chi connectivity index (χ4v) is 6.42. The highest BCUT2D eigenvalue weighted by atomic mass is 32.1. The van der Waals surface area contributed by atoms with Crippen molar-refractivity contribution in [3.8, 4) is 11.5 Å². The maximum Gasteiger partial charge on any atom is 0.332 e. The second-order valence-corrected chi connectivity index (χ2v) is 10.5. The van der Waals surface area contributed by atoms with Crippen LogP contribution in [0.5, 0.6) is 11.5 Å². The molecule has 0 unspecified atom stereocenters. The highest BCUT2D eigenvalue weighted by Gasteiger charge is 2.24. The first kappa shape index (κ1) is 25.8. The molecule has 0 spiro atoms. The minimum atomic E-state index is -0.458. The van der Waals surface area contributed by atoms with E-state index >= 15 is 0 Å². The fourth-order valence-electron chi connectivity index (χ4n) is 5.04. The molecule has 0 bridgehead atoms. The van der Waals surface area contributed by atoms with Gasteiger partial charge in [0.1, 0.15) is 11.4 Å². The summed E-state index contributed by atoms with van der Waals surface area (Å²) in [5.74, 6) is 1.01. The molecule has 2 aromatic heterocycles. The van der Waals surface area contributed by atoms with E-state index < -0.39 is 5.69 Å². The van der Waals surface area contributed by atoms with Crippen LogP contribution >= 0.6 is 11.3 Å². The van der Waals surface area contributed by atoms with E-state index in [9.17, 15) is 14.4 Å². The lowest BCUT2D eigenvalue weighted by atomic mass is 9.97. The topological polar surface area (TPSA) is 91.6 Å². The van der Waals surface area contributed by atoms with Crippen molar-refractivity contribution in [3.05, 3.63) is 90.9 Å². The van der Waals surface area contributed by atoms with E-state index in [1.54, 1.807) is 14.2 Å². The Morgan fingerprint density at radius 1 is 0.947 bits per heavy atom. The van der Waals surface area contributed by atoms with Gasteiger partial charge in [0, 0.05) is 11.4 Å². The number of hydrogen-bond acceptors (Lipinski definition) is 6. The number of methoxy groups -OCH3 is 2. The third kappa shape index (κ3) is 5.11. The molecule has 4 aromatic rings. The molecule has 8 nitrogen and oxygen atoms in total. The number of aromatic nitrogens is 2. The van der Waals surface area contributed by atoms with Gasteiger partial charge >= 0.3 is 5.69 Å². The lowest BCUT2D eigenvalue weighted by Gasteiger charge is -2.14. The Morgan fingerprint density at radius 2 is 1.71 bits per heavy atom. The number of carbonyl (C=O) groups is 1. The third-order valence-electron chi connectivity index (χ3n) is 6.99. The van der Waals surface area contributed by atoms with Crippen molar-refractivity contribution in [2.24, 2.45) is 0 Å². The first-order chi connectivity index (χ1) is 18.5. The number of hydrogen-bond donors (Lipinski definition) is 1. The van der Waals surface area contributed by atoms with Crippen LogP contribution in [0.2, 0.25) is 0 Å². The Morgan fingerprint density at radius 3 is 2.47 bits per heavy atom. The zero-order valence-corrected chi connectivity index (χ0v) is 22.4. The first-order valence-electron chi connectivity index (χ1n) is 12.8. The van der Waals surface area contributed by atoms with E-state index in [4.69, 9.17) is 9.47 Å². The molecule has 0 fully saturated rings. The zero-order chi connectivity index (χ0) is 26.6. The van der Waals surface area contributed by atoms with E-state index in [1.165, 1.54) is 20.5 Å². The maximum atomic E-state index is 13.6. The molecule has 0 aliphatic heterocycles. The van der Waals surface area contributed by atoms with E-state index in [2.05, 4.69) is 5.32 Å². The highest BCUT2D eigenvalue weighted by Crippen LogP contribution is 2.34. The summed E-state index contributed by atoms with van der Waals surface area (Å²) in [4.78, 5) is 42.0. The molecule has 0 saturated carbocycles. The summed E-state index contributed by atoms with van der Waals surface area (Å²) >= 11 is 1.48. The number of amides is 1. The Hall–Kier alpha value is -3.85. The molecule has 38 heavy (non-hydrogen) atoms. The summed E-state index contributed by atoms with van der Waals surface area (Å²) in [7, 11) is 3.17. The number of nitrogens with zero attached hydrogens (tertiary/aromatic N) is 2. The van der Waals surface area contributed by atoms with Gasteiger partial charge in [-0.3, -0.25) is 18.7 Å². The van der Waals surface area contributed by atoms with Gasteiger partial charge in [0.05, 0.1) is 26.2 Å². The summed E-state index contributed by atoms with van der Waals surface area (Å²) in [6.45, 7) is 0.423. The molecular weight excluding hydrogens is 502 g/mol. The van der Waals surface area contributed by atoms with Gasteiger partial charge in [-0.15, -0.1) is 11.3 Å². The largest absolute Gasteiger partial charge is 0.493 e. The van der Waals surface area contributed by atoms with Gasteiger partial charge in [0.2, 0.25) is 5.91 Å². The third-order valence-corrected chi connectivity index (χ3v) is 8.30. The summed E-state index contributed by atoms with van der Waals surface area (Å²) in [5.41, 5.74) is 2.18. The van der Waals surface area contributed by atoms with Crippen molar-refractivity contribution < 1.29 is 14.3 Å². The van der Waals surface area contributed by atoms with Gasteiger partial charge in [-0.1, -0.05) is 36.4 Å². The molecule has 1 aliphatic carbocycles. The molecule has 1 N–H and O–H groups in total. The zero-order valence-electron chi connectivity index (χ0n) is 21.6. The Kier molecular flexibility index (Phi) is 7.64. The van der Waals surface area contributed by atoms with Crippen molar-refractivity contribution in [2.75, 3.05) is 20.8 Å². The highest BCUT2D eigenvalue weighted by molar-refractivity contribution is 7.18. The molecule has 5 rings (SSSR count). The lowest BCUT2D eigenvalue weighted by molar-refractivity contribution is -0.121. The lowest BCUT2D eigenvalue weighted by Crippen LogP contribution is -2.42. The molecule has 2 aromatic carbocycles. The van der Waals surface area contributed by atoms with Gasteiger partial charge in [-0.25, -0.2) is 4.79 Å². The molecular formula is C29H31N3O5S. The SMILES string of the molecule is COc1ccc(CCNC(=O)Cn2c(=O)n(Cc3ccccc3)c(=O)c3c4c(sc32)CCCC4)cc1OC. The number of carbonyl (C=O) groups excluding carboxylic acids is 1. The van der Waals surface area contributed by atoms with Crippen LogP contribution in [-0.2, 0) is 37.1 Å². The first-order valence-corrected chi connectivity index (χ1v) is 13.6. The number of ether oxygens (including phenoxy) is 2. The van der Waals surface area contributed by atoms with Crippen molar-refractivity contribution >= 4 is 27.5 Å². The number of benzene rings is 2. The molecule has 2 heterocycles. The summed E-state index contributed by atoms with van der Waals surface area (Å²) in [6.07, 6.45) is 4.41. The second kappa shape index (κ2) is 11.3. The van der Waals surface area contributed by atoms with Crippen LogP contribution in [0.15, 0.2) is 58.1 Å². The van der Waals surface area contributed by atoms with Crippen LogP contribution in [0.1, 0.15) is 34.4 Å². The molecule has 0 atom stereocenters. The minimum absolute atomic E-state index is 0.143. The maximum absolute atomic E-state index is 13.6. The number of rotatable bonds is 9. The van der Waals surface area contributed by atoms with E-state index in [-0.39, 0.29) is 24.6 Å². The number of fused-ring (bicyclic) bond motifs is 3. The van der Waals surface area contributed by atoms with Crippen molar-refractivity contribution in [2.45, 2.75) is 45.2 Å². The fraction of sp³-hybridized carbons (Fsp3) is 0.345. The van der Waals surface area contributed by atoms with Gasteiger partial charge < -0.3 is 14.8 Å². The van der Waals surface area contributed by atoms with Crippen LogP contribution < -0.4 is 26.0 Å².